The van der Waals surface area contributed by atoms with E-state index in [0.29, 0.717) is 0 Å². The van der Waals surface area contributed by atoms with Gasteiger partial charge in [-0.05, 0) is 61.5 Å². The minimum absolute atomic E-state index is 0.229. The number of benzene rings is 1. The Morgan fingerprint density at radius 2 is 1.78 bits per heavy atom. The molecule has 0 spiro atoms. The molecule has 0 amide bonds. The SMILES string of the molecule is Cc1c(CCCCO[Si](C)(C)C(C)(C)C)cccc1S(N)(=O)=O. The molecule has 1 aromatic carbocycles. The van der Waals surface area contributed by atoms with Gasteiger partial charge in [0.15, 0.2) is 8.32 Å². The van der Waals surface area contributed by atoms with Crippen molar-refractivity contribution in [3.8, 4) is 0 Å². The van der Waals surface area contributed by atoms with Crippen molar-refractivity contribution in [1.82, 2.24) is 0 Å². The van der Waals surface area contributed by atoms with Crippen LogP contribution < -0.4 is 5.14 Å². The quantitative estimate of drug-likeness (QED) is 0.592. The molecule has 132 valence electrons. The molecule has 2 N–H and O–H groups in total. The zero-order chi connectivity index (χ0) is 17.9. The minimum atomic E-state index is -3.65. The second-order valence-corrected chi connectivity index (χ2v) is 14.0. The summed E-state index contributed by atoms with van der Waals surface area (Å²) in [5.74, 6) is 0. The van der Waals surface area contributed by atoms with Crippen LogP contribution in [0.15, 0.2) is 23.1 Å². The first-order valence-electron chi connectivity index (χ1n) is 8.11. The molecule has 0 saturated heterocycles. The lowest BCUT2D eigenvalue weighted by Crippen LogP contribution is -2.40. The lowest BCUT2D eigenvalue weighted by Gasteiger charge is -2.36. The number of hydrogen-bond acceptors (Lipinski definition) is 3. The summed E-state index contributed by atoms with van der Waals surface area (Å²) < 4.78 is 29.3. The zero-order valence-electron chi connectivity index (χ0n) is 15.3. The van der Waals surface area contributed by atoms with Gasteiger partial charge < -0.3 is 4.43 Å². The predicted molar refractivity (Wildman–Crippen MR) is 98.6 cm³/mol. The van der Waals surface area contributed by atoms with Crippen molar-refractivity contribution in [2.45, 2.75) is 70.0 Å². The van der Waals surface area contributed by atoms with E-state index in [-0.39, 0.29) is 9.93 Å². The molecule has 0 atom stereocenters. The zero-order valence-corrected chi connectivity index (χ0v) is 17.1. The molecule has 0 unspecified atom stereocenters. The van der Waals surface area contributed by atoms with E-state index in [1.54, 1.807) is 12.1 Å². The Bertz CT molecular complexity index is 634. The normalized spacial score (nSPS) is 13.3. The van der Waals surface area contributed by atoms with Gasteiger partial charge in [-0.25, -0.2) is 13.6 Å². The number of aryl methyl sites for hydroxylation is 1. The third kappa shape index (κ3) is 5.71. The van der Waals surface area contributed by atoms with Gasteiger partial charge in [-0.15, -0.1) is 0 Å². The molecule has 0 radical (unpaired) electrons. The average Bonchev–Trinajstić information content (AvgIpc) is 2.37. The maximum atomic E-state index is 11.5. The van der Waals surface area contributed by atoms with Crippen molar-refractivity contribution in [2.24, 2.45) is 5.14 Å². The lowest BCUT2D eigenvalue weighted by atomic mass is 10.0. The monoisotopic (exact) mass is 357 g/mol. The van der Waals surface area contributed by atoms with Crippen LogP contribution in [0.3, 0.4) is 0 Å². The second-order valence-electron chi connectivity index (χ2n) is 7.65. The molecule has 0 heterocycles. The maximum Gasteiger partial charge on any atom is 0.238 e. The van der Waals surface area contributed by atoms with Crippen LogP contribution in [0.2, 0.25) is 18.1 Å². The topological polar surface area (TPSA) is 69.4 Å². The summed E-state index contributed by atoms with van der Waals surface area (Å²) in [6.07, 6.45) is 2.80. The van der Waals surface area contributed by atoms with Gasteiger partial charge >= 0.3 is 0 Å². The highest BCUT2D eigenvalue weighted by Gasteiger charge is 2.36. The molecule has 0 aromatic heterocycles. The van der Waals surface area contributed by atoms with E-state index in [4.69, 9.17) is 9.56 Å². The molecule has 0 aliphatic carbocycles. The number of hydrogen-bond donors (Lipinski definition) is 1. The Hall–Kier alpha value is -0.693. The summed E-state index contributed by atoms with van der Waals surface area (Å²) in [5, 5.41) is 5.48. The Morgan fingerprint density at radius 1 is 1.17 bits per heavy atom. The highest BCUT2D eigenvalue weighted by molar-refractivity contribution is 7.89. The Morgan fingerprint density at radius 3 is 2.30 bits per heavy atom. The molecule has 6 heteroatoms. The summed E-state index contributed by atoms with van der Waals surface area (Å²) >= 11 is 0. The molecule has 23 heavy (non-hydrogen) atoms. The van der Waals surface area contributed by atoms with E-state index in [9.17, 15) is 8.42 Å². The maximum absolute atomic E-state index is 11.5. The van der Waals surface area contributed by atoms with Gasteiger partial charge in [0.2, 0.25) is 10.0 Å². The van der Waals surface area contributed by atoms with Crippen LogP contribution in [0.5, 0.6) is 0 Å². The van der Waals surface area contributed by atoms with Gasteiger partial charge in [0, 0.05) is 6.61 Å². The van der Waals surface area contributed by atoms with E-state index >= 15 is 0 Å². The first kappa shape index (κ1) is 20.4. The summed E-state index contributed by atoms with van der Waals surface area (Å²) in [6.45, 7) is 13.8. The number of unbranched alkanes of at least 4 members (excludes halogenated alkanes) is 1. The van der Waals surface area contributed by atoms with Gasteiger partial charge in [-0.1, -0.05) is 32.9 Å². The lowest BCUT2D eigenvalue weighted by molar-refractivity contribution is 0.279. The van der Waals surface area contributed by atoms with Crippen LogP contribution in [0.25, 0.3) is 0 Å². The Kier molecular flexibility index (Phi) is 6.61. The molecule has 0 aliphatic heterocycles. The van der Waals surface area contributed by atoms with Crippen LogP contribution in [-0.2, 0) is 20.9 Å². The van der Waals surface area contributed by atoms with E-state index in [2.05, 4.69) is 33.9 Å². The van der Waals surface area contributed by atoms with Crippen molar-refractivity contribution in [2.75, 3.05) is 6.61 Å². The fourth-order valence-corrected chi connectivity index (χ4v) is 4.11. The third-order valence-electron chi connectivity index (χ3n) is 4.81. The first-order chi connectivity index (χ1) is 10.4. The summed E-state index contributed by atoms with van der Waals surface area (Å²) in [4.78, 5) is 0.229. The van der Waals surface area contributed by atoms with Crippen molar-refractivity contribution in [3.63, 3.8) is 0 Å². The summed E-state index contributed by atoms with van der Waals surface area (Å²) in [5.41, 5.74) is 1.81. The molecular weight excluding hydrogens is 326 g/mol. The van der Waals surface area contributed by atoms with Crippen LogP contribution in [0.1, 0.15) is 44.7 Å². The van der Waals surface area contributed by atoms with Gasteiger partial charge in [0.25, 0.3) is 0 Å². The third-order valence-corrected chi connectivity index (χ3v) is 10.4. The van der Waals surface area contributed by atoms with Crippen LogP contribution in [0, 0.1) is 6.92 Å². The van der Waals surface area contributed by atoms with E-state index in [1.807, 2.05) is 13.0 Å². The Labute approximate surface area is 142 Å². The van der Waals surface area contributed by atoms with Gasteiger partial charge in [0.1, 0.15) is 0 Å². The molecule has 0 aliphatic rings. The standard InChI is InChI=1S/C17H31NO3SSi/c1-14-15(11-9-12-16(14)22(18,19)20)10-7-8-13-21-23(5,6)17(2,3)4/h9,11-12H,7-8,10,13H2,1-6H3,(H2,18,19,20). The molecule has 0 bridgehead atoms. The average molecular weight is 358 g/mol. The van der Waals surface area contributed by atoms with Crippen LogP contribution in [0.4, 0.5) is 0 Å². The highest BCUT2D eigenvalue weighted by Crippen LogP contribution is 2.36. The van der Waals surface area contributed by atoms with Crippen molar-refractivity contribution in [1.29, 1.82) is 0 Å². The van der Waals surface area contributed by atoms with Crippen LogP contribution in [-0.4, -0.2) is 23.3 Å². The number of nitrogens with two attached hydrogens (primary N) is 1. The van der Waals surface area contributed by atoms with Crippen LogP contribution >= 0.6 is 0 Å². The van der Waals surface area contributed by atoms with E-state index in [1.165, 1.54) is 0 Å². The number of sulfonamides is 1. The molecule has 0 fully saturated rings. The molecule has 0 saturated carbocycles. The number of primary sulfonamides is 1. The molecular formula is C17H31NO3SSi. The molecule has 1 rings (SSSR count). The molecule has 1 aromatic rings. The van der Waals surface area contributed by atoms with Gasteiger partial charge in [0.05, 0.1) is 4.90 Å². The smallest absolute Gasteiger partial charge is 0.238 e. The van der Waals surface area contributed by atoms with Gasteiger partial charge in [-0.2, -0.15) is 0 Å². The fourth-order valence-electron chi connectivity index (χ4n) is 2.20. The van der Waals surface area contributed by atoms with Crippen molar-refractivity contribution >= 4 is 18.3 Å². The highest BCUT2D eigenvalue weighted by atomic mass is 32.2. The molecule has 4 nitrogen and oxygen atoms in total. The number of rotatable bonds is 7. The predicted octanol–water partition coefficient (Wildman–Crippen LogP) is 3.99. The van der Waals surface area contributed by atoms with Crippen molar-refractivity contribution < 1.29 is 12.8 Å². The summed E-state index contributed by atoms with van der Waals surface area (Å²) in [6, 6.07) is 5.29. The van der Waals surface area contributed by atoms with E-state index < -0.39 is 18.3 Å². The van der Waals surface area contributed by atoms with E-state index in [0.717, 1.165) is 37.0 Å². The largest absolute Gasteiger partial charge is 0.417 e. The Balaban J connectivity index is 2.55. The van der Waals surface area contributed by atoms with Crippen molar-refractivity contribution in [3.05, 3.63) is 29.3 Å². The minimum Gasteiger partial charge on any atom is -0.417 e. The summed E-state index contributed by atoms with van der Waals surface area (Å²) in [7, 11) is -5.32. The first-order valence-corrected chi connectivity index (χ1v) is 12.6. The second kappa shape index (κ2) is 7.47. The van der Waals surface area contributed by atoms with Gasteiger partial charge in [-0.3, -0.25) is 0 Å². The fraction of sp³-hybridized carbons (Fsp3) is 0.647.